The quantitative estimate of drug-likeness (QED) is 0.622. The van der Waals surface area contributed by atoms with E-state index in [1.807, 2.05) is 4.90 Å². The molecule has 1 atom stereocenters. The average molecular weight is 274 g/mol. The Balaban J connectivity index is 0.00000180. The van der Waals surface area contributed by atoms with Crippen molar-refractivity contribution < 1.29 is 43.4 Å². The summed E-state index contributed by atoms with van der Waals surface area (Å²) in [5.41, 5.74) is 0. The van der Waals surface area contributed by atoms with Crippen LogP contribution in [0.4, 0.5) is 13.2 Å². The van der Waals surface area contributed by atoms with Crippen LogP contribution < -0.4 is 18.9 Å². The van der Waals surface area contributed by atoms with Gasteiger partial charge in [0.25, 0.3) is 0 Å². The molecule has 0 amide bonds. The van der Waals surface area contributed by atoms with Crippen LogP contribution in [-0.4, -0.2) is 65.3 Å². The maximum Gasteiger partial charge on any atom is 1.00 e. The molecular formula is C11H18F3LiN2O2. The second-order valence-electron chi connectivity index (χ2n) is 5.00. The molecule has 4 nitrogen and oxygen atoms in total. The number of rotatable bonds is 3. The molecule has 106 valence electrons. The van der Waals surface area contributed by atoms with Gasteiger partial charge in [0.15, 0.2) is 0 Å². The Bertz CT molecular complexity index is 325. The fraction of sp³-hybridized carbons (Fsp3) is 0.909. The molecular weight excluding hydrogens is 256 g/mol. The van der Waals surface area contributed by atoms with Crippen molar-refractivity contribution >= 4 is 5.97 Å². The molecule has 0 aliphatic carbocycles. The Hall–Kier alpha value is -0.223. The first-order valence-electron chi connectivity index (χ1n) is 6.14. The topological polar surface area (TPSA) is 43.8 Å². The van der Waals surface area contributed by atoms with Gasteiger partial charge in [-0.3, -0.25) is 14.6 Å². The van der Waals surface area contributed by atoms with Crippen LogP contribution in [0.15, 0.2) is 0 Å². The van der Waals surface area contributed by atoms with Gasteiger partial charge in [0.05, 0.1) is 6.54 Å². The van der Waals surface area contributed by atoms with Crippen molar-refractivity contribution in [1.29, 1.82) is 0 Å². The van der Waals surface area contributed by atoms with E-state index in [0.29, 0.717) is 32.4 Å². The van der Waals surface area contributed by atoms with Crippen LogP contribution >= 0.6 is 0 Å². The van der Waals surface area contributed by atoms with Gasteiger partial charge in [0, 0.05) is 12.6 Å². The molecule has 2 aliphatic rings. The number of piperidine rings is 1. The molecule has 0 spiro atoms. The van der Waals surface area contributed by atoms with Gasteiger partial charge in [0.1, 0.15) is 6.04 Å². The molecule has 1 unspecified atom stereocenters. The molecule has 0 aromatic carbocycles. The summed E-state index contributed by atoms with van der Waals surface area (Å²) in [6.45, 7) is 0.684. The summed E-state index contributed by atoms with van der Waals surface area (Å²) in [6.07, 6.45) is -2.25. The SMILES string of the molecule is O=C(O)C1CCN1C1CCN(CC(F)(F)F)CC1.[H-].[Li+]. The van der Waals surface area contributed by atoms with E-state index in [0.717, 1.165) is 6.54 Å². The zero-order valence-corrected chi connectivity index (χ0v) is 11.0. The van der Waals surface area contributed by atoms with E-state index in [1.165, 1.54) is 4.90 Å². The van der Waals surface area contributed by atoms with Gasteiger partial charge in [-0.25, -0.2) is 0 Å². The molecule has 2 heterocycles. The number of nitrogens with zero attached hydrogens (tertiary/aromatic N) is 2. The maximum atomic E-state index is 12.2. The third kappa shape index (κ3) is 4.38. The predicted octanol–water partition coefficient (Wildman–Crippen LogP) is -1.71. The van der Waals surface area contributed by atoms with Crippen LogP contribution in [-0.2, 0) is 4.79 Å². The number of alkyl halides is 3. The fourth-order valence-corrected chi connectivity index (χ4v) is 2.77. The number of likely N-dealkylation sites (tertiary alicyclic amines) is 2. The molecule has 2 fully saturated rings. The van der Waals surface area contributed by atoms with E-state index in [-0.39, 0.29) is 26.3 Å². The van der Waals surface area contributed by atoms with E-state index in [1.54, 1.807) is 0 Å². The minimum atomic E-state index is -4.15. The Labute approximate surface area is 123 Å². The number of carbonyl (C=O) groups is 1. The normalized spacial score (nSPS) is 26.6. The molecule has 0 radical (unpaired) electrons. The Morgan fingerprint density at radius 1 is 1.21 bits per heavy atom. The molecule has 0 saturated carbocycles. The van der Waals surface area contributed by atoms with Gasteiger partial charge in [0.2, 0.25) is 0 Å². The summed E-state index contributed by atoms with van der Waals surface area (Å²) >= 11 is 0. The third-order valence-corrected chi connectivity index (χ3v) is 3.78. The van der Waals surface area contributed by atoms with E-state index in [9.17, 15) is 18.0 Å². The molecule has 0 aromatic heterocycles. The molecule has 2 rings (SSSR count). The van der Waals surface area contributed by atoms with Crippen LogP contribution in [0, 0.1) is 0 Å². The predicted molar refractivity (Wildman–Crippen MR) is 59.4 cm³/mol. The molecule has 2 aliphatic heterocycles. The van der Waals surface area contributed by atoms with E-state index in [2.05, 4.69) is 0 Å². The summed E-state index contributed by atoms with van der Waals surface area (Å²) in [7, 11) is 0. The zero-order valence-electron chi connectivity index (χ0n) is 12.0. The number of aliphatic carboxylic acids is 1. The molecule has 2 saturated heterocycles. The molecule has 0 aromatic rings. The standard InChI is InChI=1S/C11H17F3N2O2.Li.H/c12-11(13,14)7-15-4-1-8(2-5-15)16-6-3-9(16)10(17)18;;/h8-9H,1-7H2,(H,17,18);;/q;+1;-1. The van der Waals surface area contributed by atoms with E-state index in [4.69, 9.17) is 5.11 Å². The monoisotopic (exact) mass is 274 g/mol. The van der Waals surface area contributed by atoms with Crippen molar-refractivity contribution in [2.75, 3.05) is 26.2 Å². The van der Waals surface area contributed by atoms with Crippen molar-refractivity contribution in [3.05, 3.63) is 0 Å². The molecule has 8 heteroatoms. The first-order valence-corrected chi connectivity index (χ1v) is 6.14. The van der Waals surface area contributed by atoms with Crippen molar-refractivity contribution in [2.24, 2.45) is 0 Å². The van der Waals surface area contributed by atoms with Crippen LogP contribution in [0.5, 0.6) is 0 Å². The summed E-state index contributed by atoms with van der Waals surface area (Å²) in [5, 5.41) is 8.94. The van der Waals surface area contributed by atoms with E-state index < -0.39 is 24.7 Å². The summed E-state index contributed by atoms with van der Waals surface area (Å²) in [4.78, 5) is 14.2. The van der Waals surface area contributed by atoms with E-state index >= 15 is 0 Å². The second kappa shape index (κ2) is 6.49. The Morgan fingerprint density at radius 3 is 2.16 bits per heavy atom. The summed E-state index contributed by atoms with van der Waals surface area (Å²) in [5.74, 6) is -0.820. The minimum absolute atomic E-state index is 0. The summed E-state index contributed by atoms with van der Waals surface area (Å²) in [6, 6.07) is -0.298. The van der Waals surface area contributed by atoms with Crippen LogP contribution in [0.1, 0.15) is 20.7 Å². The number of hydrogen-bond acceptors (Lipinski definition) is 3. The van der Waals surface area contributed by atoms with Gasteiger partial charge in [-0.2, -0.15) is 13.2 Å². The second-order valence-corrected chi connectivity index (χ2v) is 5.00. The van der Waals surface area contributed by atoms with Crippen molar-refractivity contribution in [3.63, 3.8) is 0 Å². The molecule has 19 heavy (non-hydrogen) atoms. The van der Waals surface area contributed by atoms with Gasteiger partial charge in [-0.1, -0.05) is 0 Å². The van der Waals surface area contributed by atoms with Crippen molar-refractivity contribution in [1.82, 2.24) is 9.80 Å². The van der Waals surface area contributed by atoms with Gasteiger partial charge in [-0.05, 0) is 32.4 Å². The van der Waals surface area contributed by atoms with Crippen LogP contribution in [0.2, 0.25) is 0 Å². The van der Waals surface area contributed by atoms with Crippen LogP contribution in [0.3, 0.4) is 0 Å². The van der Waals surface area contributed by atoms with Gasteiger partial charge < -0.3 is 6.53 Å². The van der Waals surface area contributed by atoms with Crippen molar-refractivity contribution in [3.8, 4) is 0 Å². The Kier molecular flexibility index (Phi) is 5.74. The minimum Gasteiger partial charge on any atom is -1.00 e. The average Bonchev–Trinajstić information content (AvgIpc) is 2.16. The van der Waals surface area contributed by atoms with Crippen molar-refractivity contribution in [2.45, 2.75) is 37.5 Å². The van der Waals surface area contributed by atoms with Gasteiger partial charge >= 0.3 is 31.0 Å². The Morgan fingerprint density at radius 2 is 1.79 bits per heavy atom. The molecule has 0 bridgehead atoms. The number of carboxylic acid groups (broad SMARTS) is 1. The smallest absolute Gasteiger partial charge is 1.00 e. The maximum absolute atomic E-state index is 12.2. The largest absolute Gasteiger partial charge is 1.00 e. The number of carboxylic acids is 1. The van der Waals surface area contributed by atoms with Gasteiger partial charge in [-0.15, -0.1) is 0 Å². The first-order chi connectivity index (χ1) is 8.37. The zero-order chi connectivity index (χ0) is 13.3. The summed E-state index contributed by atoms with van der Waals surface area (Å²) < 4.78 is 36.6. The number of halogens is 3. The fourth-order valence-electron chi connectivity index (χ4n) is 2.77. The van der Waals surface area contributed by atoms with Crippen LogP contribution in [0.25, 0.3) is 0 Å². The third-order valence-electron chi connectivity index (χ3n) is 3.78. The first kappa shape index (κ1) is 16.8. The molecule has 1 N–H and O–H groups in total. The number of hydrogen-bond donors (Lipinski definition) is 1.